The van der Waals surface area contributed by atoms with Crippen molar-refractivity contribution in [2.75, 3.05) is 0 Å². The minimum Gasteiger partial charge on any atom is -0.325 e. The number of rotatable bonds is 3. The van der Waals surface area contributed by atoms with Gasteiger partial charge in [0.15, 0.2) is 5.69 Å². The van der Waals surface area contributed by atoms with Gasteiger partial charge in [-0.15, -0.1) is 0 Å². The molecule has 0 spiro atoms. The number of aryl methyl sites for hydroxylation is 1. The molecule has 0 amide bonds. The van der Waals surface area contributed by atoms with E-state index in [-0.39, 0.29) is 0 Å². The monoisotopic (exact) mass is 291 g/mol. The van der Waals surface area contributed by atoms with Crippen LogP contribution in [-0.2, 0) is 6.54 Å². The van der Waals surface area contributed by atoms with E-state index in [1.807, 2.05) is 18.3 Å². The van der Waals surface area contributed by atoms with E-state index in [2.05, 4.69) is 40.2 Å². The summed E-state index contributed by atoms with van der Waals surface area (Å²) in [6.07, 6.45) is 3.40. The zero-order chi connectivity index (χ0) is 15.7. The molecule has 0 fully saturated rings. The van der Waals surface area contributed by atoms with E-state index in [1.54, 1.807) is 12.4 Å². The summed E-state index contributed by atoms with van der Waals surface area (Å²) >= 11 is 0. The van der Waals surface area contributed by atoms with Crippen LogP contribution in [0.3, 0.4) is 0 Å². The number of nitrogens with zero attached hydrogens (tertiary/aromatic N) is 5. The molecule has 110 valence electrons. The lowest BCUT2D eigenvalue weighted by molar-refractivity contribution is 0.778. The van der Waals surface area contributed by atoms with Crippen LogP contribution in [0.15, 0.2) is 30.7 Å². The SMILES string of the molecule is [C-]#[N+]c1ccc2nc(-c3cncnc3C(C)C)n(CC)c2c1. The van der Waals surface area contributed by atoms with Gasteiger partial charge in [0.05, 0.1) is 28.9 Å². The van der Waals surface area contributed by atoms with Crippen LogP contribution in [0.25, 0.3) is 27.3 Å². The molecule has 2 aromatic heterocycles. The molecule has 0 aliphatic heterocycles. The average Bonchev–Trinajstić information content (AvgIpc) is 2.92. The Hall–Kier alpha value is -2.74. The summed E-state index contributed by atoms with van der Waals surface area (Å²) in [5.41, 5.74) is 4.44. The van der Waals surface area contributed by atoms with Crippen LogP contribution in [0.1, 0.15) is 32.4 Å². The highest BCUT2D eigenvalue weighted by Crippen LogP contribution is 2.30. The molecular formula is C17H17N5. The Kier molecular flexibility index (Phi) is 3.60. The van der Waals surface area contributed by atoms with Crippen LogP contribution in [0.2, 0.25) is 0 Å². The van der Waals surface area contributed by atoms with Gasteiger partial charge in [0.2, 0.25) is 0 Å². The van der Waals surface area contributed by atoms with Crippen LogP contribution >= 0.6 is 0 Å². The Morgan fingerprint density at radius 3 is 2.82 bits per heavy atom. The zero-order valence-electron chi connectivity index (χ0n) is 12.9. The lowest BCUT2D eigenvalue weighted by Crippen LogP contribution is -2.03. The summed E-state index contributed by atoms with van der Waals surface area (Å²) in [4.78, 5) is 16.9. The van der Waals surface area contributed by atoms with E-state index in [0.717, 1.165) is 34.7 Å². The van der Waals surface area contributed by atoms with Crippen LogP contribution in [0.4, 0.5) is 5.69 Å². The summed E-state index contributed by atoms with van der Waals surface area (Å²) in [7, 11) is 0. The predicted molar refractivity (Wildman–Crippen MR) is 86.8 cm³/mol. The molecule has 22 heavy (non-hydrogen) atoms. The Labute approximate surface area is 129 Å². The maximum atomic E-state index is 7.18. The van der Waals surface area contributed by atoms with Gasteiger partial charge in [-0.05, 0) is 25.0 Å². The molecule has 3 aromatic rings. The topological polar surface area (TPSA) is 48.0 Å². The highest BCUT2D eigenvalue weighted by atomic mass is 15.1. The largest absolute Gasteiger partial charge is 0.325 e. The fraction of sp³-hybridized carbons (Fsp3) is 0.294. The number of hydrogen-bond acceptors (Lipinski definition) is 3. The van der Waals surface area contributed by atoms with Gasteiger partial charge < -0.3 is 4.57 Å². The second-order valence-electron chi connectivity index (χ2n) is 5.44. The van der Waals surface area contributed by atoms with Crippen molar-refractivity contribution >= 4 is 16.7 Å². The molecule has 0 atom stereocenters. The summed E-state index contributed by atoms with van der Waals surface area (Å²) < 4.78 is 2.12. The fourth-order valence-corrected chi connectivity index (χ4v) is 2.68. The van der Waals surface area contributed by atoms with Crippen molar-refractivity contribution in [3.05, 3.63) is 47.8 Å². The molecule has 0 saturated heterocycles. The van der Waals surface area contributed by atoms with Gasteiger partial charge in [-0.3, -0.25) is 0 Å². The van der Waals surface area contributed by atoms with Crippen molar-refractivity contribution in [1.29, 1.82) is 0 Å². The highest BCUT2D eigenvalue weighted by molar-refractivity contribution is 5.84. The second kappa shape index (κ2) is 5.57. The molecule has 5 heteroatoms. The van der Waals surface area contributed by atoms with E-state index in [0.29, 0.717) is 11.6 Å². The summed E-state index contributed by atoms with van der Waals surface area (Å²) in [6, 6.07) is 5.59. The number of fused-ring (bicyclic) bond motifs is 1. The molecule has 1 aromatic carbocycles. The quantitative estimate of drug-likeness (QED) is 0.680. The van der Waals surface area contributed by atoms with E-state index in [1.165, 1.54) is 0 Å². The molecule has 2 heterocycles. The summed E-state index contributed by atoms with van der Waals surface area (Å²) in [6.45, 7) is 14.3. The van der Waals surface area contributed by atoms with Crippen molar-refractivity contribution in [1.82, 2.24) is 19.5 Å². The molecule has 0 unspecified atom stereocenters. The van der Waals surface area contributed by atoms with Crippen molar-refractivity contribution in [2.24, 2.45) is 0 Å². The van der Waals surface area contributed by atoms with Gasteiger partial charge in [0, 0.05) is 12.7 Å². The van der Waals surface area contributed by atoms with E-state index >= 15 is 0 Å². The van der Waals surface area contributed by atoms with Gasteiger partial charge in [0.25, 0.3) is 0 Å². The molecular weight excluding hydrogens is 274 g/mol. The van der Waals surface area contributed by atoms with Gasteiger partial charge in [-0.1, -0.05) is 19.9 Å². The van der Waals surface area contributed by atoms with Crippen molar-refractivity contribution in [3.8, 4) is 11.4 Å². The first-order valence-corrected chi connectivity index (χ1v) is 7.33. The van der Waals surface area contributed by atoms with Gasteiger partial charge >= 0.3 is 0 Å². The number of benzene rings is 1. The molecule has 0 aliphatic carbocycles. The highest BCUT2D eigenvalue weighted by Gasteiger charge is 2.17. The Morgan fingerprint density at radius 1 is 1.32 bits per heavy atom. The third-order valence-corrected chi connectivity index (χ3v) is 3.71. The van der Waals surface area contributed by atoms with Crippen molar-refractivity contribution in [2.45, 2.75) is 33.2 Å². The van der Waals surface area contributed by atoms with Gasteiger partial charge in [-0.25, -0.2) is 19.8 Å². The number of imidazole rings is 1. The molecule has 0 aliphatic rings. The van der Waals surface area contributed by atoms with Crippen LogP contribution in [0.5, 0.6) is 0 Å². The number of aromatic nitrogens is 4. The van der Waals surface area contributed by atoms with Gasteiger partial charge in [-0.2, -0.15) is 0 Å². The Bertz CT molecular complexity index is 870. The second-order valence-corrected chi connectivity index (χ2v) is 5.44. The van der Waals surface area contributed by atoms with Crippen molar-refractivity contribution < 1.29 is 0 Å². The molecule has 5 nitrogen and oxygen atoms in total. The Balaban J connectivity index is 2.30. The minimum atomic E-state index is 0.293. The van der Waals surface area contributed by atoms with E-state index in [9.17, 15) is 0 Å². The lowest BCUT2D eigenvalue weighted by atomic mass is 10.0. The fourth-order valence-electron chi connectivity index (χ4n) is 2.68. The van der Waals surface area contributed by atoms with E-state index in [4.69, 9.17) is 11.6 Å². The normalized spacial score (nSPS) is 11.0. The third kappa shape index (κ3) is 2.23. The van der Waals surface area contributed by atoms with Crippen molar-refractivity contribution in [3.63, 3.8) is 0 Å². The molecule has 3 rings (SSSR count). The average molecular weight is 291 g/mol. The summed E-state index contributed by atoms with van der Waals surface area (Å²) in [5, 5.41) is 0. The standard InChI is InChI=1S/C17H17N5/c1-5-22-15-8-12(18-4)6-7-14(15)21-17(22)13-9-19-10-20-16(13)11(2)3/h6-11H,5H2,1-3H3. The molecule has 0 bridgehead atoms. The van der Waals surface area contributed by atoms with Gasteiger partial charge in [0.1, 0.15) is 12.2 Å². The molecule has 0 N–H and O–H groups in total. The summed E-state index contributed by atoms with van der Waals surface area (Å²) in [5.74, 6) is 1.16. The van der Waals surface area contributed by atoms with Crippen LogP contribution in [-0.4, -0.2) is 19.5 Å². The molecule has 0 radical (unpaired) electrons. The smallest absolute Gasteiger partial charge is 0.189 e. The predicted octanol–water partition coefficient (Wildman–Crippen LogP) is 4.19. The first kappa shape index (κ1) is 14.2. The number of hydrogen-bond donors (Lipinski definition) is 0. The first-order chi connectivity index (χ1) is 10.7. The zero-order valence-corrected chi connectivity index (χ0v) is 12.9. The third-order valence-electron chi connectivity index (χ3n) is 3.71. The van der Waals surface area contributed by atoms with Crippen LogP contribution < -0.4 is 0 Å². The van der Waals surface area contributed by atoms with E-state index < -0.39 is 0 Å². The molecule has 0 saturated carbocycles. The Morgan fingerprint density at radius 2 is 2.14 bits per heavy atom. The minimum absolute atomic E-state index is 0.293. The lowest BCUT2D eigenvalue weighted by Gasteiger charge is -2.11. The maximum Gasteiger partial charge on any atom is 0.189 e. The maximum absolute atomic E-state index is 7.18. The van der Waals surface area contributed by atoms with Crippen LogP contribution in [0, 0.1) is 6.57 Å². The first-order valence-electron chi connectivity index (χ1n) is 7.33.